The Kier molecular flexibility index (Phi) is 7.07. The number of benzene rings is 2. The number of nitrogens with one attached hydrogen (secondary N) is 1. The Hall–Kier alpha value is -1.67. The Morgan fingerprint density at radius 3 is 2.67 bits per heavy atom. The van der Waals surface area contributed by atoms with Crippen molar-refractivity contribution in [1.82, 2.24) is 10.2 Å². The molecule has 0 spiro atoms. The average molecular weight is 482 g/mol. The molecule has 3 rings (SSSR count). The number of para-hydroxylation sites is 1. The molecule has 1 fully saturated rings. The summed E-state index contributed by atoms with van der Waals surface area (Å²) in [7, 11) is 1.67. The van der Waals surface area contributed by atoms with Crippen LogP contribution in [0.25, 0.3) is 0 Å². The van der Waals surface area contributed by atoms with Gasteiger partial charge in [0.2, 0.25) is 0 Å². The largest absolute Gasteiger partial charge is 0.496 e. The van der Waals surface area contributed by atoms with Gasteiger partial charge in [0.05, 0.1) is 18.7 Å². The molecular weight excluding hydrogens is 458 g/mol. The van der Waals surface area contributed by atoms with Crippen molar-refractivity contribution in [3.8, 4) is 5.75 Å². The fourth-order valence-electron chi connectivity index (χ4n) is 3.57. The molecule has 4 nitrogen and oxygen atoms in total. The highest BCUT2D eigenvalue weighted by Crippen LogP contribution is 2.31. The van der Waals surface area contributed by atoms with E-state index in [-0.39, 0.29) is 17.8 Å². The number of amides is 1. The zero-order valence-corrected chi connectivity index (χ0v) is 17.5. The van der Waals surface area contributed by atoms with Gasteiger partial charge in [-0.2, -0.15) is 0 Å². The van der Waals surface area contributed by atoms with Crippen LogP contribution >= 0.6 is 22.6 Å². The molecule has 1 amide bonds. The molecular formula is C21H24FIN2O2. The molecule has 0 aromatic heterocycles. The van der Waals surface area contributed by atoms with Gasteiger partial charge in [-0.1, -0.05) is 24.6 Å². The summed E-state index contributed by atoms with van der Waals surface area (Å²) in [5.41, 5.74) is 1.57. The Bertz CT molecular complexity index is 794. The number of carbonyl (C=O) groups excluding carboxylic acids is 1. The minimum Gasteiger partial charge on any atom is -0.496 e. The van der Waals surface area contributed by atoms with Crippen LogP contribution < -0.4 is 10.1 Å². The van der Waals surface area contributed by atoms with E-state index in [9.17, 15) is 9.18 Å². The van der Waals surface area contributed by atoms with Gasteiger partial charge in [-0.05, 0) is 72.8 Å². The summed E-state index contributed by atoms with van der Waals surface area (Å²) >= 11 is 1.99. The molecule has 0 saturated carbocycles. The number of carbonyl (C=O) groups is 1. The molecule has 1 atom stereocenters. The number of rotatable bonds is 6. The van der Waals surface area contributed by atoms with Crippen LogP contribution in [-0.4, -0.2) is 37.6 Å². The normalized spacial score (nSPS) is 16.0. The summed E-state index contributed by atoms with van der Waals surface area (Å²) in [6.07, 6.45) is 3.57. The maximum absolute atomic E-state index is 13.3. The standard InChI is InChI=1S/C21H24FIN2O2/c1-27-20-8-4-3-7-17(20)19(25-11-5-2-6-12-25)14-24-21(26)16-10-9-15(22)13-18(16)23/h3-4,7-10,13,19H,2,5-6,11-12,14H2,1H3,(H,24,26). The first kappa shape index (κ1) is 20.1. The summed E-state index contributed by atoms with van der Waals surface area (Å²) in [4.78, 5) is 15.1. The second-order valence-electron chi connectivity index (χ2n) is 6.69. The van der Waals surface area contributed by atoms with Crippen LogP contribution in [0.2, 0.25) is 0 Å². The number of methoxy groups -OCH3 is 1. The van der Waals surface area contributed by atoms with E-state index >= 15 is 0 Å². The molecule has 144 valence electrons. The lowest BCUT2D eigenvalue weighted by Crippen LogP contribution is -2.41. The molecule has 2 aromatic carbocycles. The molecule has 6 heteroatoms. The van der Waals surface area contributed by atoms with Crippen molar-refractivity contribution in [3.05, 3.63) is 63.0 Å². The molecule has 1 aliphatic rings. The fraction of sp³-hybridized carbons (Fsp3) is 0.381. The van der Waals surface area contributed by atoms with E-state index in [4.69, 9.17) is 4.74 Å². The second kappa shape index (κ2) is 9.50. The van der Waals surface area contributed by atoms with Gasteiger partial charge >= 0.3 is 0 Å². The van der Waals surface area contributed by atoms with Gasteiger partial charge < -0.3 is 10.1 Å². The quantitative estimate of drug-likeness (QED) is 0.621. The van der Waals surface area contributed by atoms with Crippen LogP contribution in [0, 0.1) is 9.39 Å². The first-order chi connectivity index (χ1) is 13.1. The Morgan fingerprint density at radius 2 is 1.96 bits per heavy atom. The van der Waals surface area contributed by atoms with Gasteiger partial charge in [0, 0.05) is 15.7 Å². The summed E-state index contributed by atoms with van der Waals surface area (Å²) in [5.74, 6) is 0.311. The van der Waals surface area contributed by atoms with Crippen LogP contribution in [0.4, 0.5) is 4.39 Å². The summed E-state index contributed by atoms with van der Waals surface area (Å²) in [5, 5.41) is 3.04. The number of hydrogen-bond donors (Lipinski definition) is 1. The number of likely N-dealkylation sites (tertiary alicyclic amines) is 1. The van der Waals surface area contributed by atoms with Crippen molar-refractivity contribution in [2.75, 3.05) is 26.7 Å². The zero-order valence-electron chi connectivity index (χ0n) is 15.4. The predicted molar refractivity (Wildman–Crippen MR) is 113 cm³/mol. The van der Waals surface area contributed by atoms with E-state index in [2.05, 4.69) is 16.3 Å². The molecule has 1 aliphatic heterocycles. The minimum atomic E-state index is -0.337. The molecule has 1 N–H and O–H groups in total. The van der Waals surface area contributed by atoms with E-state index in [1.165, 1.54) is 24.6 Å². The van der Waals surface area contributed by atoms with E-state index in [0.717, 1.165) is 37.2 Å². The van der Waals surface area contributed by atoms with E-state index in [1.807, 2.05) is 40.8 Å². The Balaban J connectivity index is 1.80. The maximum Gasteiger partial charge on any atom is 0.252 e. The topological polar surface area (TPSA) is 41.6 Å². The van der Waals surface area contributed by atoms with Gasteiger partial charge in [0.1, 0.15) is 11.6 Å². The van der Waals surface area contributed by atoms with Crippen LogP contribution in [0.3, 0.4) is 0 Å². The van der Waals surface area contributed by atoms with Crippen molar-refractivity contribution >= 4 is 28.5 Å². The molecule has 1 unspecified atom stereocenters. The molecule has 2 aromatic rings. The predicted octanol–water partition coefficient (Wildman–Crippen LogP) is 4.40. The van der Waals surface area contributed by atoms with Crippen LogP contribution in [0.1, 0.15) is 41.2 Å². The van der Waals surface area contributed by atoms with Gasteiger partial charge in [0.25, 0.3) is 5.91 Å². The fourth-order valence-corrected chi connectivity index (χ4v) is 4.29. The molecule has 1 saturated heterocycles. The van der Waals surface area contributed by atoms with Crippen LogP contribution in [0.15, 0.2) is 42.5 Å². The SMILES string of the molecule is COc1ccccc1C(CNC(=O)c1ccc(F)cc1I)N1CCCCC1. The van der Waals surface area contributed by atoms with Gasteiger partial charge in [0.15, 0.2) is 0 Å². The van der Waals surface area contributed by atoms with Crippen molar-refractivity contribution in [3.63, 3.8) is 0 Å². The summed E-state index contributed by atoms with van der Waals surface area (Å²) in [6, 6.07) is 12.2. The lowest BCUT2D eigenvalue weighted by Gasteiger charge is -2.35. The van der Waals surface area contributed by atoms with Gasteiger partial charge in [-0.3, -0.25) is 9.69 Å². The smallest absolute Gasteiger partial charge is 0.252 e. The molecule has 1 heterocycles. The van der Waals surface area contributed by atoms with Crippen molar-refractivity contribution in [1.29, 1.82) is 0 Å². The van der Waals surface area contributed by atoms with E-state index in [1.54, 1.807) is 7.11 Å². The minimum absolute atomic E-state index is 0.0449. The number of hydrogen-bond acceptors (Lipinski definition) is 3. The number of ether oxygens (including phenoxy) is 1. The molecule has 0 bridgehead atoms. The molecule has 0 aliphatic carbocycles. The third kappa shape index (κ3) is 4.99. The zero-order chi connectivity index (χ0) is 19.2. The average Bonchev–Trinajstić information content (AvgIpc) is 2.69. The second-order valence-corrected chi connectivity index (χ2v) is 7.85. The van der Waals surface area contributed by atoms with Crippen LogP contribution in [0.5, 0.6) is 5.75 Å². The third-order valence-corrected chi connectivity index (χ3v) is 5.85. The highest BCUT2D eigenvalue weighted by atomic mass is 127. The summed E-state index contributed by atoms with van der Waals surface area (Å²) in [6.45, 7) is 2.49. The lowest BCUT2D eigenvalue weighted by atomic mass is 10.0. The highest BCUT2D eigenvalue weighted by Gasteiger charge is 2.25. The molecule has 27 heavy (non-hydrogen) atoms. The number of halogens is 2. The lowest BCUT2D eigenvalue weighted by molar-refractivity contribution is 0.0922. The van der Waals surface area contributed by atoms with Crippen molar-refractivity contribution in [2.45, 2.75) is 25.3 Å². The van der Waals surface area contributed by atoms with E-state index < -0.39 is 0 Å². The van der Waals surface area contributed by atoms with Crippen LogP contribution in [-0.2, 0) is 0 Å². The number of piperidine rings is 1. The number of nitrogens with zero attached hydrogens (tertiary/aromatic N) is 1. The highest BCUT2D eigenvalue weighted by molar-refractivity contribution is 14.1. The van der Waals surface area contributed by atoms with Crippen molar-refractivity contribution in [2.24, 2.45) is 0 Å². The Morgan fingerprint density at radius 1 is 1.22 bits per heavy atom. The first-order valence-corrected chi connectivity index (χ1v) is 10.3. The van der Waals surface area contributed by atoms with Gasteiger partial charge in [-0.25, -0.2) is 4.39 Å². The van der Waals surface area contributed by atoms with Gasteiger partial charge in [-0.15, -0.1) is 0 Å². The maximum atomic E-state index is 13.3. The van der Waals surface area contributed by atoms with Crippen molar-refractivity contribution < 1.29 is 13.9 Å². The first-order valence-electron chi connectivity index (χ1n) is 9.20. The van der Waals surface area contributed by atoms with E-state index in [0.29, 0.717) is 15.7 Å². The Labute approximate surface area is 173 Å². The summed E-state index contributed by atoms with van der Waals surface area (Å²) < 4.78 is 19.5. The monoisotopic (exact) mass is 482 g/mol. The molecule has 0 radical (unpaired) electrons. The third-order valence-electron chi connectivity index (χ3n) is 4.96.